The molecule has 3 N–H and O–H groups in total. The highest BCUT2D eigenvalue weighted by Gasteiger charge is 2.57. The number of benzene rings is 1. The van der Waals surface area contributed by atoms with Crippen LogP contribution >= 0.6 is 23.7 Å². The van der Waals surface area contributed by atoms with Crippen LogP contribution in [0.2, 0.25) is 0 Å². The molecular formula is C21H26BrFN3O9P. The number of nitrogens with zero attached hydrogens (tertiary/aromatic N) is 1. The molecule has 15 heteroatoms. The zero-order valence-electron chi connectivity index (χ0n) is 19.5. The maximum absolute atomic E-state index is 15.3. The molecule has 6 atom stereocenters. The lowest BCUT2D eigenvalue weighted by Crippen LogP contribution is -2.41. The second-order valence-electron chi connectivity index (χ2n) is 8.20. The van der Waals surface area contributed by atoms with Crippen LogP contribution in [0.4, 0.5) is 4.39 Å². The molecule has 0 bridgehead atoms. The molecule has 0 spiro atoms. The number of aliphatic hydroxyl groups is 1. The largest absolute Gasteiger partial charge is 0.462 e. The van der Waals surface area contributed by atoms with Gasteiger partial charge in [0.2, 0.25) is 4.58 Å². The number of hydrogen-bond donors (Lipinski definition) is 3. The van der Waals surface area contributed by atoms with Gasteiger partial charge < -0.3 is 19.1 Å². The monoisotopic (exact) mass is 593 g/mol. The number of ether oxygens (including phenoxy) is 2. The molecule has 198 valence electrons. The summed E-state index contributed by atoms with van der Waals surface area (Å²) in [6, 6.07) is 7.79. The molecule has 2 unspecified atom stereocenters. The van der Waals surface area contributed by atoms with E-state index in [1.165, 1.54) is 19.1 Å². The van der Waals surface area contributed by atoms with Crippen molar-refractivity contribution in [1.29, 1.82) is 0 Å². The number of rotatable bonds is 10. The Morgan fingerprint density at radius 1 is 1.31 bits per heavy atom. The van der Waals surface area contributed by atoms with Crippen LogP contribution in [0, 0.1) is 0 Å². The third-order valence-corrected chi connectivity index (χ3v) is 7.42. The Labute approximate surface area is 213 Å². The second kappa shape index (κ2) is 11.4. The molecule has 3 rings (SSSR count). The molecule has 0 amide bonds. The molecule has 1 fully saturated rings. The molecule has 0 saturated carbocycles. The predicted octanol–water partition coefficient (Wildman–Crippen LogP) is 1.99. The lowest BCUT2D eigenvalue weighted by Gasteiger charge is -2.25. The van der Waals surface area contributed by atoms with Gasteiger partial charge in [-0.25, -0.2) is 13.8 Å². The van der Waals surface area contributed by atoms with Crippen LogP contribution in [0.1, 0.15) is 27.0 Å². The minimum Gasteiger partial charge on any atom is -0.462 e. The summed E-state index contributed by atoms with van der Waals surface area (Å²) in [7, 11) is -4.32. The van der Waals surface area contributed by atoms with Gasteiger partial charge in [0.05, 0.1) is 12.7 Å². The van der Waals surface area contributed by atoms with Crippen LogP contribution < -0.4 is 20.9 Å². The number of H-pyrrole nitrogens is 1. The van der Waals surface area contributed by atoms with Gasteiger partial charge in [-0.3, -0.25) is 23.7 Å². The number of para-hydroxylation sites is 1. The summed E-state index contributed by atoms with van der Waals surface area (Å²) in [6.45, 7) is 4.01. The molecule has 12 nitrogen and oxygen atoms in total. The minimum absolute atomic E-state index is 0.142. The van der Waals surface area contributed by atoms with E-state index in [2.05, 4.69) is 21.0 Å². The summed E-state index contributed by atoms with van der Waals surface area (Å²) >= 11 is 2.73. The van der Waals surface area contributed by atoms with Crippen molar-refractivity contribution in [3.8, 4) is 5.75 Å². The van der Waals surface area contributed by atoms with Gasteiger partial charge in [-0.15, -0.1) is 0 Å². The van der Waals surface area contributed by atoms with Gasteiger partial charge >= 0.3 is 19.4 Å². The first kappa shape index (κ1) is 28.2. The van der Waals surface area contributed by atoms with Crippen LogP contribution in [0.25, 0.3) is 0 Å². The number of halogens is 2. The van der Waals surface area contributed by atoms with Crippen LogP contribution in [0.3, 0.4) is 0 Å². The maximum atomic E-state index is 15.3. The van der Waals surface area contributed by atoms with Gasteiger partial charge in [-0.1, -0.05) is 18.2 Å². The number of esters is 1. The van der Waals surface area contributed by atoms with Gasteiger partial charge in [-0.2, -0.15) is 5.09 Å². The molecule has 1 aliphatic heterocycles. The molecule has 2 aromatic rings. The fraction of sp³-hybridized carbons (Fsp3) is 0.476. The van der Waals surface area contributed by atoms with E-state index in [9.17, 15) is 24.1 Å². The summed E-state index contributed by atoms with van der Waals surface area (Å²) in [4.78, 5) is 37.7. The van der Waals surface area contributed by atoms with Crippen molar-refractivity contribution >= 4 is 29.6 Å². The maximum Gasteiger partial charge on any atom is 0.459 e. The van der Waals surface area contributed by atoms with E-state index < -0.39 is 66.7 Å². The van der Waals surface area contributed by atoms with Crippen molar-refractivity contribution in [2.24, 2.45) is 0 Å². The van der Waals surface area contributed by atoms with Crippen LogP contribution in [0.5, 0.6) is 5.75 Å². The third-order valence-electron chi connectivity index (χ3n) is 4.92. The first-order chi connectivity index (χ1) is 16.8. The van der Waals surface area contributed by atoms with Gasteiger partial charge in [-0.05, 0) is 48.8 Å². The summed E-state index contributed by atoms with van der Waals surface area (Å²) in [5.41, 5.74) is -1.68. The van der Waals surface area contributed by atoms with Crippen molar-refractivity contribution in [2.45, 2.75) is 55.9 Å². The van der Waals surface area contributed by atoms with E-state index in [4.69, 9.17) is 18.5 Å². The lowest BCUT2D eigenvalue weighted by atomic mass is 10.1. The number of nitrogens with one attached hydrogen (secondary N) is 2. The quantitative estimate of drug-likeness (QED) is 0.211. The zero-order chi connectivity index (χ0) is 26.7. The molecule has 1 aromatic heterocycles. The fourth-order valence-corrected chi connectivity index (χ4v) is 5.35. The van der Waals surface area contributed by atoms with Crippen molar-refractivity contribution < 1.29 is 37.4 Å². The normalized spacial score (nSPS) is 26.4. The molecular weight excluding hydrogens is 568 g/mol. The first-order valence-electron chi connectivity index (χ1n) is 10.8. The van der Waals surface area contributed by atoms with Crippen LogP contribution in [0.15, 0.2) is 52.2 Å². The van der Waals surface area contributed by atoms with Gasteiger partial charge in [0.25, 0.3) is 5.56 Å². The molecule has 36 heavy (non-hydrogen) atoms. The molecule has 1 saturated heterocycles. The smallest absolute Gasteiger partial charge is 0.459 e. The summed E-state index contributed by atoms with van der Waals surface area (Å²) in [5.74, 6) is -0.577. The van der Waals surface area contributed by atoms with Crippen molar-refractivity contribution in [3.05, 3.63) is 63.4 Å². The van der Waals surface area contributed by atoms with E-state index in [0.717, 1.165) is 16.8 Å². The highest BCUT2D eigenvalue weighted by Crippen LogP contribution is 2.49. The first-order valence-corrected chi connectivity index (χ1v) is 13.2. The number of aromatic nitrogens is 2. The standard InChI is InChI=1S/C21H26BrFN3O9P/c1-12(2)33-18(29)13(3)25-36(31,35-14-7-5-4-6-8-14)32-11-15-17(28)21(22,23)19(34-15)26-10-9-16(27)24-20(26)30/h4-10,12-13,15,17,19,28H,11H2,1-3H3,(H,25,31)(H,24,27,30)/t13?,15-,17-,19-,21+,36?/m1/s1. The number of aliphatic hydroxyl groups excluding tert-OH is 1. The zero-order valence-corrected chi connectivity index (χ0v) is 22.0. The highest BCUT2D eigenvalue weighted by molar-refractivity contribution is 9.10. The van der Waals surface area contributed by atoms with E-state index in [1.54, 1.807) is 32.0 Å². The average molecular weight is 594 g/mol. The Kier molecular flexibility index (Phi) is 8.91. The highest BCUT2D eigenvalue weighted by atomic mass is 79.9. The molecule has 1 aromatic carbocycles. The molecule has 0 radical (unpaired) electrons. The SMILES string of the molecule is CC(C)OC(=O)C(C)NP(=O)(OC[C@H]1O[C@@H](n2ccc(=O)[nH]c2=O)[C@](F)(Br)[C@@H]1O)Oc1ccccc1. The van der Waals surface area contributed by atoms with Gasteiger partial charge in [0, 0.05) is 12.3 Å². The van der Waals surface area contributed by atoms with Gasteiger partial charge in [0.15, 0.2) is 6.23 Å². The Balaban J connectivity index is 1.80. The Bertz CT molecular complexity index is 1220. The summed E-state index contributed by atoms with van der Waals surface area (Å²) in [6.07, 6.45) is -4.46. The fourth-order valence-electron chi connectivity index (χ4n) is 3.22. The third kappa shape index (κ3) is 6.69. The second-order valence-corrected chi connectivity index (χ2v) is 11.1. The van der Waals surface area contributed by atoms with Crippen molar-refractivity contribution in [3.63, 3.8) is 0 Å². The topological polar surface area (TPSA) is 158 Å². The van der Waals surface area contributed by atoms with E-state index in [0.29, 0.717) is 0 Å². The number of carbonyl (C=O) groups excluding carboxylic acids is 1. The van der Waals surface area contributed by atoms with Crippen molar-refractivity contribution in [2.75, 3.05) is 6.61 Å². The lowest BCUT2D eigenvalue weighted by molar-refractivity contribution is -0.149. The van der Waals surface area contributed by atoms with Crippen LogP contribution in [-0.4, -0.2) is 56.2 Å². The number of carbonyl (C=O) groups is 1. The Morgan fingerprint density at radius 3 is 2.58 bits per heavy atom. The number of hydrogen-bond acceptors (Lipinski definition) is 9. The Morgan fingerprint density at radius 2 is 1.97 bits per heavy atom. The van der Waals surface area contributed by atoms with Crippen LogP contribution in [-0.2, 0) is 23.4 Å². The number of aromatic amines is 1. The average Bonchev–Trinajstić information content (AvgIpc) is 3.01. The van der Waals surface area contributed by atoms with Gasteiger partial charge in [0.1, 0.15) is 24.0 Å². The molecule has 0 aliphatic carbocycles. The van der Waals surface area contributed by atoms with Crippen molar-refractivity contribution in [1.82, 2.24) is 14.6 Å². The van der Waals surface area contributed by atoms with E-state index in [1.807, 2.05) is 4.98 Å². The van der Waals surface area contributed by atoms with E-state index >= 15 is 4.39 Å². The minimum atomic E-state index is -4.32. The summed E-state index contributed by atoms with van der Waals surface area (Å²) in [5, 5.41) is 13.0. The van der Waals surface area contributed by atoms with E-state index in [-0.39, 0.29) is 5.75 Å². The molecule has 2 heterocycles. The molecule has 1 aliphatic rings. The predicted molar refractivity (Wildman–Crippen MR) is 128 cm³/mol. The number of alkyl halides is 2. The Hall–Kier alpha value is -2.35. The summed E-state index contributed by atoms with van der Waals surface area (Å²) < 4.78 is 48.5.